The number of nitrogens with two attached hydrogens (primary N) is 1. The molecule has 0 fully saturated rings. The van der Waals surface area contributed by atoms with E-state index in [0.717, 1.165) is 0 Å². The van der Waals surface area contributed by atoms with Gasteiger partial charge in [0.1, 0.15) is 12.4 Å². The van der Waals surface area contributed by atoms with Crippen LogP contribution in [0.3, 0.4) is 0 Å². The second-order valence-electron chi connectivity index (χ2n) is 4.10. The SMILES string of the molecule is NCc1cn(Cc2nc(-c3ccccc3F)no2)nn1. The molecule has 2 N–H and O–H groups in total. The van der Waals surface area contributed by atoms with Crippen molar-refractivity contribution in [3.8, 4) is 11.4 Å². The smallest absolute Gasteiger partial charge is 0.248 e. The molecule has 0 radical (unpaired) electrons. The van der Waals surface area contributed by atoms with Crippen LogP contribution in [-0.4, -0.2) is 25.1 Å². The third kappa shape index (κ3) is 2.41. The van der Waals surface area contributed by atoms with Crippen LogP contribution in [0.5, 0.6) is 0 Å². The van der Waals surface area contributed by atoms with Crippen molar-refractivity contribution in [2.45, 2.75) is 13.1 Å². The minimum Gasteiger partial charge on any atom is -0.337 e. The Morgan fingerprint density at radius 3 is 2.90 bits per heavy atom. The molecule has 8 heteroatoms. The Labute approximate surface area is 113 Å². The van der Waals surface area contributed by atoms with Crippen molar-refractivity contribution in [3.63, 3.8) is 0 Å². The Kier molecular flexibility index (Phi) is 3.21. The molecule has 20 heavy (non-hydrogen) atoms. The predicted octanol–water partition coefficient (Wildman–Crippen LogP) is 0.974. The van der Waals surface area contributed by atoms with Crippen LogP contribution in [0.15, 0.2) is 35.0 Å². The first-order chi connectivity index (χ1) is 9.76. The quantitative estimate of drug-likeness (QED) is 0.761. The summed E-state index contributed by atoms with van der Waals surface area (Å²) >= 11 is 0. The van der Waals surface area contributed by atoms with E-state index in [1.807, 2.05) is 0 Å². The lowest BCUT2D eigenvalue weighted by Crippen LogP contribution is -2.01. The third-order valence-corrected chi connectivity index (χ3v) is 2.68. The summed E-state index contributed by atoms with van der Waals surface area (Å²) in [5.74, 6) is 0.125. The maximum absolute atomic E-state index is 13.6. The minimum absolute atomic E-state index is 0.206. The van der Waals surface area contributed by atoms with Gasteiger partial charge in [0, 0.05) is 6.54 Å². The molecule has 0 aliphatic carbocycles. The molecule has 0 spiro atoms. The fourth-order valence-corrected chi connectivity index (χ4v) is 1.72. The molecular formula is C12H11FN6O. The average molecular weight is 274 g/mol. The molecule has 0 aliphatic heterocycles. The van der Waals surface area contributed by atoms with Crippen LogP contribution < -0.4 is 5.73 Å². The van der Waals surface area contributed by atoms with E-state index in [1.165, 1.54) is 10.7 Å². The van der Waals surface area contributed by atoms with Gasteiger partial charge >= 0.3 is 0 Å². The van der Waals surface area contributed by atoms with E-state index < -0.39 is 5.82 Å². The second-order valence-corrected chi connectivity index (χ2v) is 4.10. The highest BCUT2D eigenvalue weighted by Gasteiger charge is 2.13. The van der Waals surface area contributed by atoms with Gasteiger partial charge in [0.25, 0.3) is 0 Å². The van der Waals surface area contributed by atoms with Gasteiger partial charge < -0.3 is 10.3 Å². The fraction of sp³-hybridized carbons (Fsp3) is 0.167. The molecule has 7 nitrogen and oxygen atoms in total. The van der Waals surface area contributed by atoms with Crippen LogP contribution in [0.2, 0.25) is 0 Å². The van der Waals surface area contributed by atoms with Crippen molar-refractivity contribution in [1.82, 2.24) is 25.1 Å². The summed E-state index contributed by atoms with van der Waals surface area (Å²) in [7, 11) is 0. The Morgan fingerprint density at radius 1 is 1.30 bits per heavy atom. The van der Waals surface area contributed by atoms with E-state index in [-0.39, 0.29) is 12.4 Å². The van der Waals surface area contributed by atoms with E-state index in [9.17, 15) is 4.39 Å². The van der Waals surface area contributed by atoms with Crippen LogP contribution in [0, 0.1) is 5.82 Å². The monoisotopic (exact) mass is 274 g/mol. The summed E-state index contributed by atoms with van der Waals surface area (Å²) in [6.07, 6.45) is 1.69. The maximum atomic E-state index is 13.6. The largest absolute Gasteiger partial charge is 0.337 e. The molecule has 2 aromatic heterocycles. The first kappa shape index (κ1) is 12.4. The first-order valence-corrected chi connectivity index (χ1v) is 5.93. The zero-order chi connectivity index (χ0) is 13.9. The summed E-state index contributed by atoms with van der Waals surface area (Å²) < 4.78 is 20.2. The van der Waals surface area contributed by atoms with Crippen molar-refractivity contribution in [3.05, 3.63) is 47.9 Å². The molecule has 0 atom stereocenters. The minimum atomic E-state index is -0.397. The van der Waals surface area contributed by atoms with Gasteiger partial charge in [0.05, 0.1) is 17.5 Å². The molecule has 2 heterocycles. The van der Waals surface area contributed by atoms with Gasteiger partial charge in [-0.3, -0.25) is 0 Å². The van der Waals surface area contributed by atoms with E-state index in [2.05, 4.69) is 20.5 Å². The van der Waals surface area contributed by atoms with Crippen LogP contribution >= 0.6 is 0 Å². The maximum Gasteiger partial charge on any atom is 0.248 e. The molecular weight excluding hydrogens is 263 g/mol. The van der Waals surface area contributed by atoms with E-state index in [1.54, 1.807) is 24.4 Å². The second kappa shape index (κ2) is 5.17. The Hall–Kier alpha value is -2.61. The van der Waals surface area contributed by atoms with Gasteiger partial charge in [-0.2, -0.15) is 4.98 Å². The van der Waals surface area contributed by atoms with Gasteiger partial charge in [0.2, 0.25) is 11.7 Å². The average Bonchev–Trinajstić information content (AvgIpc) is 3.09. The van der Waals surface area contributed by atoms with Gasteiger partial charge in [0.15, 0.2) is 0 Å². The summed E-state index contributed by atoms with van der Waals surface area (Å²) in [6, 6.07) is 6.24. The highest BCUT2D eigenvalue weighted by atomic mass is 19.1. The van der Waals surface area contributed by atoms with Crippen LogP contribution in [0.1, 0.15) is 11.6 Å². The van der Waals surface area contributed by atoms with Crippen LogP contribution in [0.4, 0.5) is 4.39 Å². The Balaban J connectivity index is 1.82. The normalized spacial score (nSPS) is 10.9. The Bertz CT molecular complexity index is 722. The third-order valence-electron chi connectivity index (χ3n) is 2.68. The highest BCUT2D eigenvalue weighted by molar-refractivity contribution is 5.54. The number of nitrogens with zero attached hydrogens (tertiary/aromatic N) is 5. The van der Waals surface area contributed by atoms with E-state index >= 15 is 0 Å². The standard InChI is InChI=1S/C12H11FN6O/c13-10-4-2-1-3-9(10)12-15-11(20-17-12)7-19-6-8(5-14)16-18-19/h1-4,6H,5,7,14H2. The number of hydrogen-bond acceptors (Lipinski definition) is 6. The number of halogens is 1. The predicted molar refractivity (Wildman–Crippen MR) is 66.7 cm³/mol. The van der Waals surface area contributed by atoms with Gasteiger partial charge in [-0.05, 0) is 12.1 Å². The lowest BCUT2D eigenvalue weighted by Gasteiger charge is -1.95. The highest BCUT2D eigenvalue weighted by Crippen LogP contribution is 2.19. The molecule has 3 aromatic rings. The fourth-order valence-electron chi connectivity index (χ4n) is 1.72. The topological polar surface area (TPSA) is 95.7 Å². The first-order valence-electron chi connectivity index (χ1n) is 5.93. The summed E-state index contributed by atoms with van der Waals surface area (Å²) in [4.78, 5) is 4.13. The van der Waals surface area contributed by atoms with Crippen molar-refractivity contribution >= 4 is 0 Å². The summed E-state index contributed by atoms with van der Waals surface area (Å²) in [6.45, 7) is 0.568. The number of benzene rings is 1. The van der Waals surface area contributed by atoms with E-state index in [4.69, 9.17) is 10.3 Å². The van der Waals surface area contributed by atoms with Crippen molar-refractivity contribution in [2.24, 2.45) is 5.73 Å². The molecule has 0 amide bonds. The molecule has 0 saturated heterocycles. The van der Waals surface area contributed by atoms with Crippen LogP contribution in [0.25, 0.3) is 11.4 Å². The molecule has 3 rings (SSSR count). The molecule has 0 aliphatic rings. The van der Waals surface area contributed by atoms with Gasteiger partial charge in [-0.1, -0.05) is 22.5 Å². The van der Waals surface area contributed by atoms with Crippen molar-refractivity contribution in [1.29, 1.82) is 0 Å². The molecule has 0 unspecified atom stereocenters. The molecule has 1 aromatic carbocycles. The lowest BCUT2D eigenvalue weighted by atomic mass is 10.2. The number of rotatable bonds is 4. The van der Waals surface area contributed by atoms with Gasteiger partial charge in [-0.25, -0.2) is 9.07 Å². The molecule has 102 valence electrons. The molecule has 0 saturated carbocycles. The number of aromatic nitrogens is 5. The van der Waals surface area contributed by atoms with Crippen molar-refractivity contribution in [2.75, 3.05) is 0 Å². The van der Waals surface area contributed by atoms with Gasteiger partial charge in [-0.15, -0.1) is 5.10 Å². The zero-order valence-electron chi connectivity index (χ0n) is 10.4. The molecule has 0 bridgehead atoms. The summed E-state index contributed by atoms with van der Waals surface area (Å²) in [5.41, 5.74) is 6.41. The van der Waals surface area contributed by atoms with E-state index in [0.29, 0.717) is 23.7 Å². The van der Waals surface area contributed by atoms with Crippen LogP contribution in [-0.2, 0) is 13.1 Å². The lowest BCUT2D eigenvalue weighted by molar-refractivity contribution is 0.364. The Morgan fingerprint density at radius 2 is 2.15 bits per heavy atom. The summed E-state index contributed by atoms with van der Waals surface area (Å²) in [5, 5.41) is 11.5. The van der Waals surface area contributed by atoms with Crippen molar-refractivity contribution < 1.29 is 8.91 Å². The number of hydrogen-bond donors (Lipinski definition) is 1. The zero-order valence-corrected chi connectivity index (χ0v) is 10.4.